The van der Waals surface area contributed by atoms with Gasteiger partial charge in [0.15, 0.2) is 5.96 Å². The highest BCUT2D eigenvalue weighted by Crippen LogP contribution is 2.43. The Morgan fingerprint density at radius 2 is 1.86 bits per heavy atom. The summed E-state index contributed by atoms with van der Waals surface area (Å²) in [7, 11) is 5.11. The average Bonchev–Trinajstić information content (AvgIpc) is 3.45. The van der Waals surface area contributed by atoms with Gasteiger partial charge in [-0.25, -0.2) is 8.78 Å². The van der Waals surface area contributed by atoms with Gasteiger partial charge in [-0.2, -0.15) is 0 Å². The molecule has 7 heteroatoms. The summed E-state index contributed by atoms with van der Waals surface area (Å²) in [5.74, 6) is -0.639. The normalized spacial score (nSPS) is 18.3. The lowest BCUT2D eigenvalue weighted by Gasteiger charge is -2.13. The van der Waals surface area contributed by atoms with E-state index in [1.807, 2.05) is 18.2 Å². The molecule has 0 heterocycles. The molecule has 1 saturated carbocycles. The van der Waals surface area contributed by atoms with Gasteiger partial charge < -0.3 is 15.5 Å². The SMILES string of the molecule is CN=C(NCCc1cccc(C(=O)N(C)C)c1)NC1CC1c1c(F)cccc1F. The van der Waals surface area contributed by atoms with Crippen LogP contribution < -0.4 is 10.6 Å². The van der Waals surface area contributed by atoms with E-state index in [2.05, 4.69) is 15.6 Å². The molecule has 2 N–H and O–H groups in total. The molecule has 1 amide bonds. The van der Waals surface area contributed by atoms with E-state index in [1.54, 1.807) is 32.1 Å². The summed E-state index contributed by atoms with van der Waals surface area (Å²) >= 11 is 0. The lowest BCUT2D eigenvalue weighted by Crippen LogP contribution is -2.40. The third kappa shape index (κ3) is 5.10. The minimum absolute atomic E-state index is 0.0302. The number of aliphatic imine (C=N–C) groups is 1. The second-order valence-electron chi connectivity index (χ2n) is 7.38. The molecule has 0 aliphatic heterocycles. The average molecular weight is 400 g/mol. The third-order valence-electron chi connectivity index (χ3n) is 4.99. The first-order chi connectivity index (χ1) is 13.9. The molecule has 5 nitrogen and oxygen atoms in total. The molecule has 1 aliphatic rings. The summed E-state index contributed by atoms with van der Waals surface area (Å²) in [4.78, 5) is 17.8. The molecule has 2 atom stereocenters. The van der Waals surface area contributed by atoms with E-state index in [0.29, 0.717) is 30.9 Å². The van der Waals surface area contributed by atoms with E-state index in [-0.39, 0.29) is 23.4 Å². The Morgan fingerprint density at radius 3 is 2.52 bits per heavy atom. The molecule has 0 bridgehead atoms. The number of hydrogen-bond donors (Lipinski definition) is 2. The van der Waals surface area contributed by atoms with Crippen LogP contribution in [0.4, 0.5) is 8.78 Å². The van der Waals surface area contributed by atoms with Crippen LogP contribution in [0.25, 0.3) is 0 Å². The van der Waals surface area contributed by atoms with Crippen molar-refractivity contribution in [3.8, 4) is 0 Å². The van der Waals surface area contributed by atoms with Crippen LogP contribution in [-0.2, 0) is 6.42 Å². The molecule has 1 fully saturated rings. The van der Waals surface area contributed by atoms with Crippen molar-refractivity contribution in [3.63, 3.8) is 0 Å². The van der Waals surface area contributed by atoms with Gasteiger partial charge in [0, 0.05) is 50.8 Å². The van der Waals surface area contributed by atoms with Crippen molar-refractivity contribution in [1.82, 2.24) is 15.5 Å². The van der Waals surface area contributed by atoms with Crippen LogP contribution in [0.2, 0.25) is 0 Å². The summed E-state index contributed by atoms with van der Waals surface area (Å²) < 4.78 is 27.8. The number of nitrogens with zero attached hydrogens (tertiary/aromatic N) is 2. The number of rotatable bonds is 6. The van der Waals surface area contributed by atoms with Gasteiger partial charge in [0.05, 0.1) is 0 Å². The van der Waals surface area contributed by atoms with Crippen molar-refractivity contribution < 1.29 is 13.6 Å². The van der Waals surface area contributed by atoms with Gasteiger partial charge in [-0.3, -0.25) is 9.79 Å². The molecule has 0 radical (unpaired) electrons. The Labute approximate surface area is 169 Å². The molecule has 0 spiro atoms. The Hall–Kier alpha value is -2.96. The van der Waals surface area contributed by atoms with Gasteiger partial charge in [0.1, 0.15) is 11.6 Å². The van der Waals surface area contributed by atoms with Crippen molar-refractivity contribution in [2.45, 2.75) is 24.8 Å². The van der Waals surface area contributed by atoms with E-state index in [0.717, 1.165) is 5.56 Å². The smallest absolute Gasteiger partial charge is 0.253 e. The minimum Gasteiger partial charge on any atom is -0.356 e. The van der Waals surface area contributed by atoms with E-state index >= 15 is 0 Å². The van der Waals surface area contributed by atoms with Gasteiger partial charge in [-0.15, -0.1) is 0 Å². The molecule has 3 rings (SSSR count). The number of halogens is 2. The summed E-state index contributed by atoms with van der Waals surface area (Å²) in [6, 6.07) is 11.4. The molecule has 29 heavy (non-hydrogen) atoms. The molecule has 154 valence electrons. The molecule has 0 aromatic heterocycles. The van der Waals surface area contributed by atoms with Gasteiger partial charge in [0.2, 0.25) is 0 Å². The number of benzene rings is 2. The maximum atomic E-state index is 13.9. The fraction of sp³-hybridized carbons (Fsp3) is 0.364. The lowest BCUT2D eigenvalue weighted by molar-refractivity contribution is 0.0827. The fourth-order valence-corrected chi connectivity index (χ4v) is 3.35. The van der Waals surface area contributed by atoms with Crippen molar-refractivity contribution >= 4 is 11.9 Å². The molecule has 2 aromatic carbocycles. The molecular weight excluding hydrogens is 374 g/mol. The van der Waals surface area contributed by atoms with Crippen LogP contribution in [0.5, 0.6) is 0 Å². The van der Waals surface area contributed by atoms with E-state index < -0.39 is 11.6 Å². The van der Waals surface area contributed by atoms with E-state index in [9.17, 15) is 13.6 Å². The number of nitrogens with one attached hydrogen (secondary N) is 2. The zero-order chi connectivity index (χ0) is 21.0. The Morgan fingerprint density at radius 1 is 1.17 bits per heavy atom. The maximum Gasteiger partial charge on any atom is 0.253 e. The number of carbonyl (C=O) groups is 1. The summed E-state index contributed by atoms with van der Waals surface area (Å²) in [6.45, 7) is 0.616. The maximum absolute atomic E-state index is 13.9. The van der Waals surface area contributed by atoms with Crippen LogP contribution in [0.15, 0.2) is 47.5 Å². The third-order valence-corrected chi connectivity index (χ3v) is 4.99. The van der Waals surface area contributed by atoms with Crippen molar-refractivity contribution in [2.24, 2.45) is 4.99 Å². The zero-order valence-electron chi connectivity index (χ0n) is 16.9. The molecule has 1 aliphatic carbocycles. The monoisotopic (exact) mass is 400 g/mol. The van der Waals surface area contributed by atoms with E-state index in [1.165, 1.54) is 18.2 Å². The van der Waals surface area contributed by atoms with Gasteiger partial charge in [0.25, 0.3) is 5.91 Å². The summed E-state index contributed by atoms with van der Waals surface area (Å²) in [5.41, 5.74) is 1.84. The van der Waals surface area contributed by atoms with Gasteiger partial charge in [-0.05, 0) is 42.7 Å². The van der Waals surface area contributed by atoms with Crippen LogP contribution >= 0.6 is 0 Å². The Balaban J connectivity index is 1.51. The summed E-state index contributed by atoms with van der Waals surface area (Å²) in [6.07, 6.45) is 1.37. The number of guanidine groups is 1. The highest BCUT2D eigenvalue weighted by molar-refractivity contribution is 5.94. The predicted octanol–water partition coefficient (Wildman–Crippen LogP) is 2.93. The number of amides is 1. The summed E-state index contributed by atoms with van der Waals surface area (Å²) in [5, 5.41) is 6.44. The first kappa shape index (κ1) is 20.8. The number of carbonyl (C=O) groups excluding carboxylic acids is 1. The molecule has 2 aromatic rings. The van der Waals surface area contributed by atoms with Crippen LogP contribution in [0.1, 0.15) is 33.8 Å². The molecule has 2 unspecified atom stereocenters. The lowest BCUT2D eigenvalue weighted by atomic mass is 10.1. The van der Waals surface area contributed by atoms with Crippen LogP contribution in [-0.4, -0.2) is 50.5 Å². The van der Waals surface area contributed by atoms with E-state index in [4.69, 9.17) is 0 Å². The Bertz CT molecular complexity index is 893. The predicted molar refractivity (Wildman–Crippen MR) is 110 cm³/mol. The Kier molecular flexibility index (Phi) is 6.46. The second-order valence-corrected chi connectivity index (χ2v) is 7.38. The number of hydrogen-bond acceptors (Lipinski definition) is 2. The highest BCUT2D eigenvalue weighted by atomic mass is 19.1. The molecular formula is C22H26F2N4O. The van der Waals surface area contributed by atoms with Crippen molar-refractivity contribution in [3.05, 3.63) is 70.8 Å². The standard InChI is InChI=1S/C22H26F2N4O/c1-25-22(27-19-13-16(19)20-17(23)8-5-9-18(20)24)26-11-10-14-6-4-7-15(12-14)21(29)28(2)3/h4-9,12,16,19H,10-11,13H2,1-3H3,(H2,25,26,27). The minimum atomic E-state index is -0.505. The first-order valence-electron chi connectivity index (χ1n) is 9.62. The first-order valence-corrected chi connectivity index (χ1v) is 9.62. The van der Waals surface area contributed by atoms with Crippen molar-refractivity contribution in [2.75, 3.05) is 27.7 Å². The van der Waals surface area contributed by atoms with Crippen molar-refractivity contribution in [1.29, 1.82) is 0 Å². The van der Waals surface area contributed by atoms with Crippen LogP contribution in [0, 0.1) is 11.6 Å². The second kappa shape index (κ2) is 9.03. The molecule has 0 saturated heterocycles. The largest absolute Gasteiger partial charge is 0.356 e. The van der Waals surface area contributed by atoms with Gasteiger partial charge in [-0.1, -0.05) is 18.2 Å². The van der Waals surface area contributed by atoms with Crippen LogP contribution in [0.3, 0.4) is 0 Å². The zero-order valence-corrected chi connectivity index (χ0v) is 16.9. The van der Waals surface area contributed by atoms with Gasteiger partial charge >= 0.3 is 0 Å². The quantitative estimate of drug-likeness (QED) is 0.579. The topological polar surface area (TPSA) is 56.7 Å². The fourth-order valence-electron chi connectivity index (χ4n) is 3.35. The highest BCUT2D eigenvalue weighted by Gasteiger charge is 2.42.